The molecule has 64 valence electrons. The molecule has 1 aromatic rings. The van der Waals surface area contributed by atoms with E-state index in [2.05, 4.69) is 37.4 Å². The van der Waals surface area contributed by atoms with Gasteiger partial charge in [-0.2, -0.15) is 0 Å². The second kappa shape index (κ2) is 2.81. The first-order valence-electron chi connectivity index (χ1n) is 4.59. The minimum atomic E-state index is 0.778. The molecule has 0 spiro atoms. The molecule has 0 saturated carbocycles. The normalized spacial score (nSPS) is 21.3. The fourth-order valence-corrected chi connectivity index (χ4v) is 1.76. The van der Waals surface area contributed by atoms with Crippen molar-refractivity contribution in [2.45, 2.75) is 20.3 Å². The first-order valence-corrected chi connectivity index (χ1v) is 4.59. The third-order valence-electron chi connectivity index (χ3n) is 2.47. The first-order chi connectivity index (χ1) is 5.75. The number of nitrogens with one attached hydrogen (secondary N) is 1. The largest absolute Gasteiger partial charge is 0.385 e. The van der Waals surface area contributed by atoms with Crippen LogP contribution >= 0.6 is 0 Å². The lowest BCUT2D eigenvalue weighted by Gasteiger charge is -2.23. The number of hydrogen-bond acceptors (Lipinski definition) is 1. The van der Waals surface area contributed by atoms with Gasteiger partial charge in [0.05, 0.1) is 0 Å². The van der Waals surface area contributed by atoms with Crippen molar-refractivity contribution in [1.82, 2.24) is 0 Å². The fourth-order valence-electron chi connectivity index (χ4n) is 1.76. The molecule has 1 N–H and O–H groups in total. The minimum Gasteiger partial charge on any atom is -0.385 e. The lowest BCUT2D eigenvalue weighted by atomic mass is 9.95. The number of aryl methyl sites for hydroxylation is 1. The van der Waals surface area contributed by atoms with Crippen LogP contribution in [0.15, 0.2) is 18.2 Å². The fraction of sp³-hybridized carbons (Fsp3) is 0.455. The summed E-state index contributed by atoms with van der Waals surface area (Å²) in [6, 6.07) is 6.67. The van der Waals surface area contributed by atoms with Crippen LogP contribution in [0.4, 0.5) is 5.69 Å². The highest BCUT2D eigenvalue weighted by Crippen LogP contribution is 2.25. The molecule has 0 radical (unpaired) electrons. The summed E-state index contributed by atoms with van der Waals surface area (Å²) >= 11 is 0. The molecule has 0 saturated heterocycles. The Bertz CT molecular complexity index is 291. The van der Waals surface area contributed by atoms with Crippen molar-refractivity contribution < 1.29 is 0 Å². The Labute approximate surface area is 73.8 Å². The Morgan fingerprint density at radius 3 is 3.08 bits per heavy atom. The summed E-state index contributed by atoms with van der Waals surface area (Å²) in [5.74, 6) is 0.778. The standard InChI is InChI=1S/C11H15N/c1-8-3-4-10-5-9(2)7-12-11(10)6-8/h3-4,6,9,12H,5,7H2,1-2H3. The molecule has 0 amide bonds. The summed E-state index contributed by atoms with van der Waals surface area (Å²) in [6.45, 7) is 5.55. The summed E-state index contributed by atoms with van der Waals surface area (Å²) in [5.41, 5.74) is 4.16. The van der Waals surface area contributed by atoms with E-state index in [0.717, 1.165) is 12.5 Å². The van der Waals surface area contributed by atoms with Crippen LogP contribution in [-0.2, 0) is 6.42 Å². The van der Waals surface area contributed by atoms with Crippen molar-refractivity contribution >= 4 is 5.69 Å². The van der Waals surface area contributed by atoms with Gasteiger partial charge in [0.2, 0.25) is 0 Å². The molecule has 12 heavy (non-hydrogen) atoms. The van der Waals surface area contributed by atoms with Crippen molar-refractivity contribution in [1.29, 1.82) is 0 Å². The van der Waals surface area contributed by atoms with Gasteiger partial charge < -0.3 is 5.32 Å². The van der Waals surface area contributed by atoms with E-state index in [1.165, 1.54) is 23.2 Å². The van der Waals surface area contributed by atoms with Crippen LogP contribution in [0.1, 0.15) is 18.1 Å². The zero-order valence-corrected chi connectivity index (χ0v) is 7.72. The van der Waals surface area contributed by atoms with Crippen LogP contribution in [-0.4, -0.2) is 6.54 Å². The summed E-state index contributed by atoms with van der Waals surface area (Å²) in [7, 11) is 0. The number of hydrogen-bond donors (Lipinski definition) is 1. The van der Waals surface area contributed by atoms with Gasteiger partial charge in [0.25, 0.3) is 0 Å². The Hall–Kier alpha value is -0.980. The van der Waals surface area contributed by atoms with E-state index in [0.29, 0.717) is 0 Å². The van der Waals surface area contributed by atoms with Gasteiger partial charge in [-0.3, -0.25) is 0 Å². The molecule has 1 aliphatic heterocycles. The van der Waals surface area contributed by atoms with E-state index >= 15 is 0 Å². The molecule has 1 aliphatic rings. The van der Waals surface area contributed by atoms with Crippen molar-refractivity contribution in [3.8, 4) is 0 Å². The van der Waals surface area contributed by atoms with Crippen molar-refractivity contribution in [3.63, 3.8) is 0 Å². The molecule has 0 aromatic heterocycles. The van der Waals surface area contributed by atoms with Crippen LogP contribution in [0.25, 0.3) is 0 Å². The van der Waals surface area contributed by atoms with Gasteiger partial charge in [0, 0.05) is 12.2 Å². The van der Waals surface area contributed by atoms with E-state index in [9.17, 15) is 0 Å². The minimum absolute atomic E-state index is 0.778. The highest BCUT2D eigenvalue weighted by Gasteiger charge is 2.13. The molecule has 0 bridgehead atoms. The van der Waals surface area contributed by atoms with Crippen LogP contribution in [0, 0.1) is 12.8 Å². The smallest absolute Gasteiger partial charge is 0.0375 e. The summed E-state index contributed by atoms with van der Waals surface area (Å²) < 4.78 is 0. The monoisotopic (exact) mass is 161 g/mol. The lowest BCUT2D eigenvalue weighted by molar-refractivity contribution is 0.594. The van der Waals surface area contributed by atoms with Crippen LogP contribution in [0.2, 0.25) is 0 Å². The average molecular weight is 161 g/mol. The van der Waals surface area contributed by atoms with E-state index in [1.807, 2.05) is 0 Å². The highest BCUT2D eigenvalue weighted by atomic mass is 14.9. The van der Waals surface area contributed by atoms with Crippen molar-refractivity contribution in [3.05, 3.63) is 29.3 Å². The second-order valence-corrected chi connectivity index (χ2v) is 3.85. The van der Waals surface area contributed by atoms with Crippen LogP contribution in [0.3, 0.4) is 0 Å². The predicted molar refractivity (Wildman–Crippen MR) is 52.5 cm³/mol. The summed E-state index contributed by atoms with van der Waals surface area (Å²) in [6.07, 6.45) is 1.22. The topological polar surface area (TPSA) is 12.0 Å². The van der Waals surface area contributed by atoms with Gasteiger partial charge in [-0.25, -0.2) is 0 Å². The van der Waals surface area contributed by atoms with Crippen molar-refractivity contribution in [2.24, 2.45) is 5.92 Å². The SMILES string of the molecule is Cc1ccc2c(c1)NCC(C)C2. The third kappa shape index (κ3) is 1.31. The molecule has 1 heterocycles. The third-order valence-corrected chi connectivity index (χ3v) is 2.47. The number of anilines is 1. The van der Waals surface area contributed by atoms with Crippen LogP contribution < -0.4 is 5.32 Å². The van der Waals surface area contributed by atoms with Crippen LogP contribution in [0.5, 0.6) is 0 Å². The number of rotatable bonds is 0. The zero-order valence-electron chi connectivity index (χ0n) is 7.72. The van der Waals surface area contributed by atoms with E-state index in [-0.39, 0.29) is 0 Å². The van der Waals surface area contributed by atoms with E-state index < -0.39 is 0 Å². The van der Waals surface area contributed by atoms with E-state index in [1.54, 1.807) is 0 Å². The molecular weight excluding hydrogens is 146 g/mol. The average Bonchev–Trinajstić information content (AvgIpc) is 2.05. The number of fused-ring (bicyclic) bond motifs is 1. The Kier molecular flexibility index (Phi) is 1.80. The molecule has 1 aromatic carbocycles. The molecule has 1 nitrogen and oxygen atoms in total. The number of benzene rings is 1. The zero-order chi connectivity index (χ0) is 8.55. The molecular formula is C11H15N. The maximum absolute atomic E-state index is 3.45. The molecule has 1 unspecified atom stereocenters. The molecule has 0 aliphatic carbocycles. The molecule has 1 heteroatoms. The molecule has 2 rings (SSSR count). The summed E-state index contributed by atoms with van der Waals surface area (Å²) in [4.78, 5) is 0. The Morgan fingerprint density at radius 2 is 2.25 bits per heavy atom. The van der Waals surface area contributed by atoms with Gasteiger partial charge in [-0.15, -0.1) is 0 Å². The van der Waals surface area contributed by atoms with Gasteiger partial charge >= 0.3 is 0 Å². The predicted octanol–water partition coefficient (Wildman–Crippen LogP) is 2.60. The molecule has 1 atom stereocenters. The Balaban J connectivity index is 2.37. The Morgan fingerprint density at radius 1 is 1.42 bits per heavy atom. The maximum atomic E-state index is 3.45. The quantitative estimate of drug-likeness (QED) is 0.616. The van der Waals surface area contributed by atoms with E-state index in [4.69, 9.17) is 0 Å². The van der Waals surface area contributed by atoms with Gasteiger partial charge in [-0.1, -0.05) is 19.1 Å². The molecule has 0 fully saturated rings. The van der Waals surface area contributed by atoms with Gasteiger partial charge in [-0.05, 0) is 36.5 Å². The van der Waals surface area contributed by atoms with Gasteiger partial charge in [0.15, 0.2) is 0 Å². The lowest BCUT2D eigenvalue weighted by Crippen LogP contribution is -2.20. The second-order valence-electron chi connectivity index (χ2n) is 3.85. The highest BCUT2D eigenvalue weighted by molar-refractivity contribution is 5.54. The van der Waals surface area contributed by atoms with Gasteiger partial charge in [0.1, 0.15) is 0 Å². The first kappa shape index (κ1) is 7.66. The summed E-state index contributed by atoms with van der Waals surface area (Å²) in [5, 5.41) is 3.45. The van der Waals surface area contributed by atoms with Crippen molar-refractivity contribution in [2.75, 3.05) is 11.9 Å². The maximum Gasteiger partial charge on any atom is 0.0375 e.